The highest BCUT2D eigenvalue weighted by Gasteiger charge is 2.18. The quantitative estimate of drug-likeness (QED) is 0.511. The zero-order chi connectivity index (χ0) is 12.0. The molecule has 88 valence electrons. The summed E-state index contributed by atoms with van der Waals surface area (Å²) < 4.78 is 4.78. The van der Waals surface area contributed by atoms with Crippen LogP contribution in [0.15, 0.2) is 24.3 Å². The third-order valence-corrected chi connectivity index (χ3v) is 2.10. The van der Waals surface area contributed by atoms with E-state index in [9.17, 15) is 4.79 Å². The molecule has 0 unspecified atom stereocenters. The number of ether oxygens (including phenoxy) is 1. The molecular formula is C11H15NO4. The second-order valence-corrected chi connectivity index (χ2v) is 3.30. The van der Waals surface area contributed by atoms with Crippen LogP contribution in [0.4, 0.5) is 0 Å². The summed E-state index contributed by atoms with van der Waals surface area (Å²) in [6.07, 6.45) is 0.301. The number of rotatable bonds is 5. The number of hydrogen-bond donors (Lipinski definition) is 3. The minimum absolute atomic E-state index is 0.161. The molecule has 3 N–H and O–H groups in total. The smallest absolute Gasteiger partial charge is 0.325 e. The Kier molecular flexibility index (Phi) is 4.75. The van der Waals surface area contributed by atoms with Gasteiger partial charge in [0, 0.05) is 6.42 Å². The molecule has 0 amide bonds. The van der Waals surface area contributed by atoms with Crippen molar-refractivity contribution in [3.05, 3.63) is 29.8 Å². The van der Waals surface area contributed by atoms with Crippen molar-refractivity contribution in [1.82, 2.24) is 5.48 Å². The monoisotopic (exact) mass is 225 g/mol. The number of phenols is 1. The first-order valence-corrected chi connectivity index (χ1v) is 5.01. The Morgan fingerprint density at radius 1 is 1.44 bits per heavy atom. The topological polar surface area (TPSA) is 78.8 Å². The number of carbonyl (C=O) groups is 1. The average molecular weight is 225 g/mol. The first-order valence-electron chi connectivity index (χ1n) is 5.01. The first-order chi connectivity index (χ1) is 7.67. The van der Waals surface area contributed by atoms with Crippen molar-refractivity contribution in [3.63, 3.8) is 0 Å². The Balaban J connectivity index is 2.62. The summed E-state index contributed by atoms with van der Waals surface area (Å²) in [6, 6.07) is 5.62. The van der Waals surface area contributed by atoms with E-state index >= 15 is 0 Å². The highest BCUT2D eigenvalue weighted by Crippen LogP contribution is 2.11. The summed E-state index contributed by atoms with van der Waals surface area (Å²) in [5.41, 5.74) is 2.73. The maximum absolute atomic E-state index is 11.4. The molecule has 0 spiro atoms. The fraction of sp³-hybridized carbons (Fsp3) is 0.364. The molecular weight excluding hydrogens is 210 g/mol. The van der Waals surface area contributed by atoms with E-state index in [4.69, 9.17) is 15.1 Å². The predicted molar refractivity (Wildman–Crippen MR) is 57.2 cm³/mol. The molecule has 0 aromatic heterocycles. The zero-order valence-electron chi connectivity index (χ0n) is 9.01. The first kappa shape index (κ1) is 12.5. The van der Waals surface area contributed by atoms with Crippen molar-refractivity contribution < 1.29 is 19.8 Å². The number of benzene rings is 1. The van der Waals surface area contributed by atoms with Gasteiger partial charge < -0.3 is 15.1 Å². The van der Waals surface area contributed by atoms with Crippen LogP contribution in [0.25, 0.3) is 0 Å². The lowest BCUT2D eigenvalue weighted by Crippen LogP contribution is -2.37. The van der Waals surface area contributed by atoms with Crippen LogP contribution in [-0.4, -0.2) is 28.9 Å². The van der Waals surface area contributed by atoms with Crippen molar-refractivity contribution in [2.24, 2.45) is 0 Å². The minimum atomic E-state index is -0.788. The molecule has 0 saturated heterocycles. The van der Waals surface area contributed by atoms with Crippen LogP contribution in [0.3, 0.4) is 0 Å². The van der Waals surface area contributed by atoms with E-state index < -0.39 is 12.0 Å². The maximum Gasteiger partial charge on any atom is 0.325 e. The van der Waals surface area contributed by atoms with Gasteiger partial charge in [0.15, 0.2) is 0 Å². The Hall–Kier alpha value is -1.59. The number of phenolic OH excluding ortho intramolecular Hbond substituents is 1. The summed E-state index contributed by atoms with van der Waals surface area (Å²) in [5, 5.41) is 17.9. The number of nitrogens with one attached hydrogen (secondary N) is 1. The Morgan fingerprint density at radius 3 is 2.56 bits per heavy atom. The van der Waals surface area contributed by atoms with Crippen LogP contribution in [0, 0.1) is 0 Å². The van der Waals surface area contributed by atoms with Crippen LogP contribution in [0.5, 0.6) is 5.75 Å². The zero-order valence-corrected chi connectivity index (χ0v) is 9.01. The van der Waals surface area contributed by atoms with E-state index in [0.29, 0.717) is 6.42 Å². The molecule has 1 aromatic carbocycles. The van der Waals surface area contributed by atoms with Gasteiger partial charge in [0.05, 0.1) is 6.61 Å². The van der Waals surface area contributed by atoms with Gasteiger partial charge >= 0.3 is 5.97 Å². The van der Waals surface area contributed by atoms with E-state index in [1.54, 1.807) is 19.1 Å². The molecule has 0 radical (unpaired) electrons. The van der Waals surface area contributed by atoms with E-state index in [0.717, 1.165) is 5.56 Å². The van der Waals surface area contributed by atoms with Crippen LogP contribution >= 0.6 is 0 Å². The normalized spacial score (nSPS) is 12.1. The van der Waals surface area contributed by atoms with Gasteiger partial charge in [-0.1, -0.05) is 12.1 Å². The highest BCUT2D eigenvalue weighted by molar-refractivity contribution is 5.76. The average Bonchev–Trinajstić information content (AvgIpc) is 2.28. The van der Waals surface area contributed by atoms with Crippen LogP contribution in [0.2, 0.25) is 0 Å². The summed E-state index contributed by atoms with van der Waals surface area (Å²) >= 11 is 0. The van der Waals surface area contributed by atoms with Gasteiger partial charge in [-0.2, -0.15) is 5.48 Å². The van der Waals surface area contributed by atoms with E-state index in [-0.39, 0.29) is 12.4 Å². The summed E-state index contributed by atoms with van der Waals surface area (Å²) in [5.74, 6) is -0.341. The molecule has 5 heteroatoms. The number of aromatic hydroxyl groups is 1. The number of esters is 1. The predicted octanol–water partition coefficient (Wildman–Crippen LogP) is 0.845. The van der Waals surface area contributed by atoms with Crippen LogP contribution in [0.1, 0.15) is 12.5 Å². The van der Waals surface area contributed by atoms with Crippen molar-refractivity contribution in [1.29, 1.82) is 0 Å². The Bertz CT molecular complexity index is 336. The Labute approximate surface area is 93.6 Å². The lowest BCUT2D eigenvalue weighted by Gasteiger charge is -2.13. The molecule has 0 bridgehead atoms. The number of hydroxylamine groups is 1. The fourth-order valence-corrected chi connectivity index (χ4v) is 1.29. The number of carbonyl (C=O) groups excluding carboxylic acids is 1. The minimum Gasteiger partial charge on any atom is -0.508 e. The van der Waals surface area contributed by atoms with Crippen molar-refractivity contribution in [2.45, 2.75) is 19.4 Å². The summed E-state index contributed by atoms with van der Waals surface area (Å²) in [6.45, 7) is 1.97. The molecule has 0 fully saturated rings. The van der Waals surface area contributed by atoms with Gasteiger partial charge in [0.2, 0.25) is 0 Å². The second kappa shape index (κ2) is 6.09. The van der Waals surface area contributed by atoms with Gasteiger partial charge in [-0.05, 0) is 24.6 Å². The van der Waals surface area contributed by atoms with Gasteiger partial charge in [-0.25, -0.2) is 0 Å². The van der Waals surface area contributed by atoms with Crippen molar-refractivity contribution in [3.8, 4) is 5.75 Å². The van der Waals surface area contributed by atoms with Gasteiger partial charge in [0.25, 0.3) is 0 Å². The van der Waals surface area contributed by atoms with E-state index in [1.165, 1.54) is 12.1 Å². The van der Waals surface area contributed by atoms with Crippen molar-refractivity contribution >= 4 is 5.97 Å². The van der Waals surface area contributed by atoms with Crippen LogP contribution in [-0.2, 0) is 16.0 Å². The molecule has 1 atom stereocenters. The van der Waals surface area contributed by atoms with Crippen molar-refractivity contribution in [2.75, 3.05) is 6.61 Å². The third kappa shape index (κ3) is 3.52. The second-order valence-electron chi connectivity index (χ2n) is 3.30. The fourth-order valence-electron chi connectivity index (χ4n) is 1.29. The molecule has 0 aliphatic carbocycles. The highest BCUT2D eigenvalue weighted by atomic mass is 16.5. The van der Waals surface area contributed by atoms with Gasteiger partial charge in [-0.3, -0.25) is 4.79 Å². The Morgan fingerprint density at radius 2 is 2.06 bits per heavy atom. The molecule has 1 aromatic rings. The number of hydrogen-bond acceptors (Lipinski definition) is 5. The summed E-state index contributed by atoms with van der Waals surface area (Å²) in [4.78, 5) is 11.4. The molecule has 0 aliphatic heterocycles. The maximum atomic E-state index is 11.4. The van der Waals surface area contributed by atoms with E-state index in [2.05, 4.69) is 0 Å². The largest absolute Gasteiger partial charge is 0.508 e. The molecule has 0 aliphatic rings. The lowest BCUT2D eigenvalue weighted by molar-refractivity contribution is -0.148. The molecule has 1 rings (SSSR count). The SMILES string of the molecule is CCOC(=O)[C@H](Cc1ccc(O)cc1)NO. The van der Waals surface area contributed by atoms with E-state index in [1.807, 2.05) is 5.48 Å². The molecule has 0 saturated carbocycles. The third-order valence-electron chi connectivity index (χ3n) is 2.10. The van der Waals surface area contributed by atoms with Crippen LogP contribution < -0.4 is 5.48 Å². The summed E-state index contributed by atoms with van der Waals surface area (Å²) in [7, 11) is 0. The standard InChI is InChI=1S/C11H15NO4/c1-2-16-11(14)10(12-15)7-8-3-5-9(13)6-4-8/h3-6,10,12-13,15H,2,7H2,1H3/t10-/m0/s1. The molecule has 0 heterocycles. The molecule has 5 nitrogen and oxygen atoms in total. The van der Waals surface area contributed by atoms with Gasteiger partial charge in [-0.15, -0.1) is 0 Å². The lowest BCUT2D eigenvalue weighted by atomic mass is 10.1. The molecule has 16 heavy (non-hydrogen) atoms. The van der Waals surface area contributed by atoms with Gasteiger partial charge in [0.1, 0.15) is 11.8 Å².